The number of nitrogens with zero attached hydrogens (tertiary/aromatic N) is 1. The molecule has 1 amide bonds. The Morgan fingerprint density at radius 3 is 2.68 bits per heavy atom. The van der Waals surface area contributed by atoms with Gasteiger partial charge in [-0.25, -0.2) is 9.18 Å². The van der Waals surface area contributed by atoms with Gasteiger partial charge in [-0.1, -0.05) is 11.6 Å². The number of ether oxygens (including phenoxy) is 1. The summed E-state index contributed by atoms with van der Waals surface area (Å²) in [5.41, 5.74) is -1.18. The zero-order valence-corrected chi connectivity index (χ0v) is 12.5. The topological polar surface area (TPSA) is 79.2 Å². The number of benzene rings is 1. The molecule has 0 bridgehead atoms. The van der Waals surface area contributed by atoms with E-state index in [1.54, 1.807) is 0 Å². The van der Waals surface area contributed by atoms with Gasteiger partial charge in [-0.15, -0.1) is 0 Å². The summed E-state index contributed by atoms with van der Waals surface area (Å²) in [5, 5.41) is 11.9. The summed E-state index contributed by atoms with van der Waals surface area (Å²) in [4.78, 5) is 23.5. The van der Waals surface area contributed by atoms with Gasteiger partial charge in [-0.3, -0.25) is 4.79 Å². The normalized spacial score (nSPS) is 15.9. The summed E-state index contributed by atoms with van der Waals surface area (Å²) in [6.07, 6.45) is 2.89. The van der Waals surface area contributed by atoms with Crippen molar-refractivity contribution in [1.82, 2.24) is 5.32 Å². The highest BCUT2D eigenvalue weighted by Gasteiger charge is 2.35. The van der Waals surface area contributed by atoms with E-state index in [9.17, 15) is 14.0 Å². The maximum atomic E-state index is 13.5. The SMILES string of the molecule is N#CC1(NC(=O)COC(=O)c2ccc(Cl)cc2F)CCCC1. The molecule has 1 saturated carbocycles. The molecule has 0 aromatic heterocycles. The first-order valence-electron chi connectivity index (χ1n) is 6.80. The minimum absolute atomic E-state index is 0.156. The van der Waals surface area contributed by atoms with Crippen molar-refractivity contribution in [2.75, 3.05) is 6.61 Å². The molecule has 0 spiro atoms. The average molecular weight is 325 g/mol. The highest BCUT2D eigenvalue weighted by atomic mass is 35.5. The second-order valence-electron chi connectivity index (χ2n) is 5.15. The van der Waals surface area contributed by atoms with Crippen LogP contribution in [0.25, 0.3) is 0 Å². The number of carbonyl (C=O) groups is 2. The van der Waals surface area contributed by atoms with Gasteiger partial charge in [0.15, 0.2) is 6.61 Å². The van der Waals surface area contributed by atoms with E-state index < -0.39 is 29.8 Å². The van der Waals surface area contributed by atoms with Crippen molar-refractivity contribution in [2.45, 2.75) is 31.2 Å². The minimum Gasteiger partial charge on any atom is -0.452 e. The van der Waals surface area contributed by atoms with Gasteiger partial charge in [0.25, 0.3) is 5.91 Å². The number of hydrogen-bond donors (Lipinski definition) is 1. The molecule has 1 aromatic carbocycles. The Morgan fingerprint density at radius 1 is 1.41 bits per heavy atom. The van der Waals surface area contributed by atoms with Crippen molar-refractivity contribution < 1.29 is 18.7 Å². The number of nitrogens with one attached hydrogen (secondary N) is 1. The fourth-order valence-corrected chi connectivity index (χ4v) is 2.57. The number of esters is 1. The highest BCUT2D eigenvalue weighted by molar-refractivity contribution is 6.30. The lowest BCUT2D eigenvalue weighted by Gasteiger charge is -2.21. The van der Waals surface area contributed by atoms with Crippen LogP contribution in [0.5, 0.6) is 0 Å². The predicted molar refractivity (Wildman–Crippen MR) is 76.6 cm³/mol. The average Bonchev–Trinajstić information content (AvgIpc) is 2.94. The molecule has 1 fully saturated rings. The molecule has 0 atom stereocenters. The van der Waals surface area contributed by atoms with E-state index in [1.807, 2.05) is 0 Å². The molecule has 1 aliphatic rings. The standard InChI is InChI=1S/C15H14ClFN2O3/c16-10-3-4-11(12(17)7-10)14(21)22-8-13(20)19-15(9-18)5-1-2-6-15/h3-4,7H,1-2,5-6,8H2,(H,19,20). The molecule has 0 heterocycles. The lowest BCUT2D eigenvalue weighted by molar-refractivity contribution is -0.125. The molecule has 116 valence electrons. The Bertz CT molecular complexity index is 636. The third kappa shape index (κ3) is 3.74. The number of halogens is 2. The molecule has 1 N–H and O–H groups in total. The molecular formula is C15H14ClFN2O3. The van der Waals surface area contributed by atoms with Gasteiger partial charge < -0.3 is 10.1 Å². The Kier molecular flexibility index (Phi) is 4.99. The van der Waals surface area contributed by atoms with Crippen LogP contribution >= 0.6 is 11.6 Å². The summed E-state index contributed by atoms with van der Waals surface area (Å²) >= 11 is 5.59. The lowest BCUT2D eigenvalue weighted by Crippen LogP contribution is -2.46. The molecular weight excluding hydrogens is 311 g/mol. The van der Waals surface area contributed by atoms with E-state index in [0.717, 1.165) is 18.9 Å². The predicted octanol–water partition coefficient (Wildman–Crippen LogP) is 2.59. The Balaban J connectivity index is 1.91. The highest BCUT2D eigenvalue weighted by Crippen LogP contribution is 2.28. The smallest absolute Gasteiger partial charge is 0.341 e. The van der Waals surface area contributed by atoms with Gasteiger partial charge in [-0.05, 0) is 43.9 Å². The summed E-state index contributed by atoms with van der Waals surface area (Å²) < 4.78 is 18.3. The maximum Gasteiger partial charge on any atom is 0.341 e. The van der Waals surface area contributed by atoms with Crippen LogP contribution in [0.4, 0.5) is 4.39 Å². The molecule has 22 heavy (non-hydrogen) atoms. The van der Waals surface area contributed by atoms with Gasteiger partial charge in [-0.2, -0.15) is 5.26 Å². The number of hydrogen-bond acceptors (Lipinski definition) is 4. The van der Waals surface area contributed by atoms with Gasteiger partial charge >= 0.3 is 5.97 Å². The summed E-state index contributed by atoms with van der Waals surface area (Å²) in [7, 11) is 0. The zero-order valence-electron chi connectivity index (χ0n) is 11.7. The molecule has 1 aromatic rings. The van der Waals surface area contributed by atoms with E-state index in [4.69, 9.17) is 21.6 Å². The third-order valence-corrected chi connectivity index (χ3v) is 3.77. The van der Waals surface area contributed by atoms with Crippen LogP contribution in [-0.2, 0) is 9.53 Å². The second-order valence-corrected chi connectivity index (χ2v) is 5.59. The van der Waals surface area contributed by atoms with Crippen molar-refractivity contribution in [3.8, 4) is 6.07 Å². The van der Waals surface area contributed by atoms with Gasteiger partial charge in [0.05, 0.1) is 11.6 Å². The number of carbonyl (C=O) groups excluding carboxylic acids is 2. The fourth-order valence-electron chi connectivity index (χ4n) is 2.41. The van der Waals surface area contributed by atoms with Crippen LogP contribution in [0.2, 0.25) is 5.02 Å². The first-order valence-corrected chi connectivity index (χ1v) is 7.18. The van der Waals surface area contributed by atoms with E-state index in [2.05, 4.69) is 11.4 Å². The molecule has 7 heteroatoms. The fraction of sp³-hybridized carbons (Fsp3) is 0.400. The Hall–Kier alpha value is -2.13. The van der Waals surface area contributed by atoms with Crippen molar-refractivity contribution >= 4 is 23.5 Å². The molecule has 0 saturated heterocycles. The van der Waals surface area contributed by atoms with Gasteiger partial charge in [0.2, 0.25) is 0 Å². The quantitative estimate of drug-likeness (QED) is 0.863. The van der Waals surface area contributed by atoms with Crippen LogP contribution in [0.15, 0.2) is 18.2 Å². The molecule has 2 rings (SSSR count). The van der Waals surface area contributed by atoms with Crippen molar-refractivity contribution in [3.05, 3.63) is 34.6 Å². The van der Waals surface area contributed by atoms with Crippen molar-refractivity contribution in [1.29, 1.82) is 5.26 Å². The zero-order chi connectivity index (χ0) is 16.2. The van der Waals surface area contributed by atoms with Crippen LogP contribution in [0.3, 0.4) is 0 Å². The van der Waals surface area contributed by atoms with E-state index in [0.29, 0.717) is 12.8 Å². The molecule has 0 aliphatic heterocycles. The molecule has 0 unspecified atom stereocenters. The molecule has 5 nitrogen and oxygen atoms in total. The van der Waals surface area contributed by atoms with Gasteiger partial charge in [0.1, 0.15) is 11.4 Å². The Labute approximate surface area is 132 Å². The molecule has 1 aliphatic carbocycles. The third-order valence-electron chi connectivity index (χ3n) is 3.54. The molecule has 0 radical (unpaired) electrons. The van der Waals surface area contributed by atoms with Gasteiger partial charge in [0, 0.05) is 5.02 Å². The van der Waals surface area contributed by atoms with Crippen LogP contribution in [0.1, 0.15) is 36.0 Å². The van der Waals surface area contributed by atoms with Crippen molar-refractivity contribution in [2.24, 2.45) is 0 Å². The van der Waals surface area contributed by atoms with E-state index >= 15 is 0 Å². The first-order chi connectivity index (χ1) is 10.5. The van der Waals surface area contributed by atoms with Crippen molar-refractivity contribution in [3.63, 3.8) is 0 Å². The summed E-state index contributed by atoms with van der Waals surface area (Å²) in [6, 6.07) is 5.62. The van der Waals surface area contributed by atoms with Crippen LogP contribution in [-0.4, -0.2) is 24.0 Å². The number of rotatable bonds is 4. The second kappa shape index (κ2) is 6.75. The van der Waals surface area contributed by atoms with E-state index in [1.165, 1.54) is 12.1 Å². The lowest BCUT2D eigenvalue weighted by atomic mass is 10.00. The maximum absolute atomic E-state index is 13.5. The largest absolute Gasteiger partial charge is 0.452 e. The number of nitriles is 1. The van der Waals surface area contributed by atoms with E-state index in [-0.39, 0.29) is 10.6 Å². The first kappa shape index (κ1) is 16.2. The monoisotopic (exact) mass is 324 g/mol. The summed E-state index contributed by atoms with van der Waals surface area (Å²) in [5.74, 6) is -2.35. The van der Waals surface area contributed by atoms with Crippen LogP contribution < -0.4 is 5.32 Å². The van der Waals surface area contributed by atoms with Crippen LogP contribution in [0, 0.1) is 17.1 Å². The summed E-state index contributed by atoms with van der Waals surface area (Å²) in [6.45, 7) is -0.565. The Morgan fingerprint density at radius 2 is 2.09 bits per heavy atom. The minimum atomic E-state index is -0.957. The number of amides is 1.